The maximum atomic E-state index is 12.4. The van der Waals surface area contributed by atoms with E-state index in [1.807, 2.05) is 0 Å². The Hall–Kier alpha value is -3.85. The van der Waals surface area contributed by atoms with Gasteiger partial charge in [-0.25, -0.2) is 4.79 Å². The fraction of sp³-hybridized carbons (Fsp3) is 0.0500. The molecule has 4 amide bonds. The Kier molecular flexibility index (Phi) is 6.43. The summed E-state index contributed by atoms with van der Waals surface area (Å²) in [5.74, 6) is -0.502. The maximum absolute atomic E-state index is 12.4. The van der Waals surface area contributed by atoms with Crippen LogP contribution in [-0.2, 0) is 0 Å². The predicted molar refractivity (Wildman–Crippen MR) is 113 cm³/mol. The molecule has 0 aliphatic carbocycles. The number of carbonyl (C=O) groups excluding carboxylic acids is 3. The number of furan rings is 1. The number of hydrogen-bond donors (Lipinski definition) is 4. The standard InChI is InChI=1S/C20H18N4O4S/c1-2-11-21-20(27)23-14-7-5-13(6-8-14)22-19(26)16-9-10-17(29-16)24-18(25)15-4-3-12-28-15/h2-10,12H,1,11H2,(H,22,26)(H,24,25)(H2,21,23,27). The van der Waals surface area contributed by atoms with Crippen molar-refractivity contribution in [1.29, 1.82) is 0 Å². The summed E-state index contributed by atoms with van der Waals surface area (Å²) in [4.78, 5) is 36.4. The SMILES string of the molecule is C=CCNC(=O)Nc1ccc(NC(=O)c2ccc(NC(=O)c3ccco3)s2)cc1. The smallest absolute Gasteiger partial charge is 0.319 e. The minimum Gasteiger partial charge on any atom is -0.459 e. The van der Waals surface area contributed by atoms with Crippen molar-refractivity contribution in [3.05, 3.63) is 78.1 Å². The number of thiophene rings is 1. The first-order valence-corrected chi connectivity index (χ1v) is 9.38. The number of urea groups is 1. The summed E-state index contributed by atoms with van der Waals surface area (Å²) in [6.07, 6.45) is 2.99. The van der Waals surface area contributed by atoms with Crippen LogP contribution in [-0.4, -0.2) is 24.4 Å². The van der Waals surface area contributed by atoms with Crippen LogP contribution in [0.15, 0.2) is 71.9 Å². The zero-order valence-corrected chi connectivity index (χ0v) is 16.0. The Labute approximate surface area is 170 Å². The van der Waals surface area contributed by atoms with Gasteiger partial charge >= 0.3 is 6.03 Å². The van der Waals surface area contributed by atoms with Crippen LogP contribution in [0, 0.1) is 0 Å². The molecule has 3 aromatic rings. The van der Waals surface area contributed by atoms with Gasteiger partial charge in [-0.2, -0.15) is 0 Å². The molecule has 3 rings (SSSR count). The van der Waals surface area contributed by atoms with E-state index in [1.54, 1.807) is 54.6 Å². The van der Waals surface area contributed by atoms with E-state index in [2.05, 4.69) is 27.8 Å². The van der Waals surface area contributed by atoms with Crippen molar-refractivity contribution in [2.45, 2.75) is 0 Å². The Morgan fingerprint density at radius 3 is 2.31 bits per heavy atom. The number of hydrogen-bond acceptors (Lipinski definition) is 5. The molecule has 0 atom stereocenters. The summed E-state index contributed by atoms with van der Waals surface area (Å²) in [6.45, 7) is 3.89. The highest BCUT2D eigenvalue weighted by Gasteiger charge is 2.13. The van der Waals surface area contributed by atoms with E-state index in [0.717, 1.165) is 11.3 Å². The van der Waals surface area contributed by atoms with E-state index in [4.69, 9.17) is 4.42 Å². The van der Waals surface area contributed by atoms with Gasteiger partial charge in [0.2, 0.25) is 0 Å². The van der Waals surface area contributed by atoms with Crippen molar-refractivity contribution in [2.24, 2.45) is 0 Å². The molecule has 0 spiro atoms. The second-order valence-electron chi connectivity index (χ2n) is 5.75. The summed E-state index contributed by atoms with van der Waals surface area (Å²) >= 11 is 1.15. The van der Waals surface area contributed by atoms with Crippen LogP contribution < -0.4 is 21.3 Å². The van der Waals surface area contributed by atoms with Crippen molar-refractivity contribution in [3.63, 3.8) is 0 Å². The zero-order chi connectivity index (χ0) is 20.6. The lowest BCUT2D eigenvalue weighted by Gasteiger charge is -2.08. The normalized spacial score (nSPS) is 10.1. The molecule has 0 radical (unpaired) electrons. The maximum Gasteiger partial charge on any atom is 0.319 e. The Balaban J connectivity index is 1.55. The van der Waals surface area contributed by atoms with Crippen LogP contribution in [0.1, 0.15) is 20.2 Å². The minimum absolute atomic E-state index is 0.191. The molecular formula is C20H18N4O4S. The molecule has 1 aromatic carbocycles. The molecular weight excluding hydrogens is 392 g/mol. The molecule has 4 N–H and O–H groups in total. The van der Waals surface area contributed by atoms with E-state index in [-0.39, 0.29) is 23.6 Å². The molecule has 0 aliphatic rings. The number of rotatable bonds is 7. The molecule has 148 valence electrons. The first-order chi connectivity index (χ1) is 14.0. The summed E-state index contributed by atoms with van der Waals surface area (Å²) in [5, 5.41) is 11.2. The van der Waals surface area contributed by atoms with Gasteiger partial charge < -0.3 is 25.7 Å². The van der Waals surface area contributed by atoms with Gasteiger partial charge in [0.05, 0.1) is 16.1 Å². The number of carbonyl (C=O) groups is 3. The molecule has 0 saturated carbocycles. The average Bonchev–Trinajstić information content (AvgIpc) is 3.40. The molecule has 0 saturated heterocycles. The first kappa shape index (κ1) is 19.9. The van der Waals surface area contributed by atoms with Gasteiger partial charge in [0.25, 0.3) is 11.8 Å². The van der Waals surface area contributed by atoms with Crippen molar-refractivity contribution in [3.8, 4) is 0 Å². The van der Waals surface area contributed by atoms with Crippen LogP contribution in [0.2, 0.25) is 0 Å². The van der Waals surface area contributed by atoms with Crippen LogP contribution in [0.25, 0.3) is 0 Å². The number of anilines is 3. The number of amides is 4. The van der Waals surface area contributed by atoms with E-state index in [9.17, 15) is 14.4 Å². The lowest BCUT2D eigenvalue weighted by Crippen LogP contribution is -2.28. The molecule has 0 bridgehead atoms. The summed E-state index contributed by atoms with van der Waals surface area (Å²) in [7, 11) is 0. The van der Waals surface area contributed by atoms with Crippen molar-refractivity contribution in [2.75, 3.05) is 22.5 Å². The molecule has 8 nitrogen and oxygen atoms in total. The monoisotopic (exact) mass is 410 g/mol. The van der Waals surface area contributed by atoms with E-state index >= 15 is 0 Å². The van der Waals surface area contributed by atoms with Gasteiger partial charge in [-0.05, 0) is 48.5 Å². The van der Waals surface area contributed by atoms with Gasteiger partial charge in [-0.3, -0.25) is 9.59 Å². The molecule has 0 unspecified atom stereocenters. The summed E-state index contributed by atoms with van der Waals surface area (Å²) < 4.78 is 5.03. The molecule has 0 aliphatic heterocycles. The van der Waals surface area contributed by atoms with Crippen molar-refractivity contribution in [1.82, 2.24) is 5.32 Å². The number of nitrogens with one attached hydrogen (secondary N) is 4. The van der Waals surface area contributed by atoms with Crippen LogP contribution >= 0.6 is 11.3 Å². The Morgan fingerprint density at radius 1 is 0.931 bits per heavy atom. The van der Waals surface area contributed by atoms with Gasteiger partial charge in [-0.15, -0.1) is 17.9 Å². The minimum atomic E-state index is -0.385. The first-order valence-electron chi connectivity index (χ1n) is 8.57. The fourth-order valence-corrected chi connectivity index (χ4v) is 3.07. The lowest BCUT2D eigenvalue weighted by atomic mass is 10.2. The third-order valence-corrected chi connectivity index (χ3v) is 4.62. The van der Waals surface area contributed by atoms with Crippen molar-refractivity contribution >= 4 is 45.6 Å². The third-order valence-electron chi connectivity index (χ3n) is 3.62. The predicted octanol–water partition coefficient (Wildman–Crippen LogP) is 4.15. The fourth-order valence-electron chi connectivity index (χ4n) is 2.28. The molecule has 0 fully saturated rings. The topological polar surface area (TPSA) is 112 Å². The molecule has 29 heavy (non-hydrogen) atoms. The number of benzene rings is 1. The quantitative estimate of drug-likeness (QED) is 0.438. The second kappa shape index (κ2) is 9.38. The highest BCUT2D eigenvalue weighted by Crippen LogP contribution is 2.24. The second-order valence-corrected chi connectivity index (χ2v) is 6.83. The zero-order valence-electron chi connectivity index (χ0n) is 15.2. The highest BCUT2D eigenvalue weighted by atomic mass is 32.1. The van der Waals surface area contributed by atoms with Gasteiger partial charge in [0.15, 0.2) is 5.76 Å². The highest BCUT2D eigenvalue weighted by molar-refractivity contribution is 7.18. The van der Waals surface area contributed by atoms with Crippen molar-refractivity contribution < 1.29 is 18.8 Å². The molecule has 2 heterocycles. The Morgan fingerprint density at radius 2 is 1.66 bits per heavy atom. The van der Waals surface area contributed by atoms with Gasteiger partial charge in [0.1, 0.15) is 0 Å². The molecule has 9 heteroatoms. The van der Waals surface area contributed by atoms with E-state index < -0.39 is 0 Å². The van der Waals surface area contributed by atoms with E-state index in [1.165, 1.54) is 6.26 Å². The van der Waals surface area contributed by atoms with Gasteiger partial charge in [-0.1, -0.05) is 6.08 Å². The average molecular weight is 410 g/mol. The van der Waals surface area contributed by atoms with Crippen LogP contribution in [0.5, 0.6) is 0 Å². The summed E-state index contributed by atoms with van der Waals surface area (Å²) in [6, 6.07) is 12.8. The van der Waals surface area contributed by atoms with Crippen LogP contribution in [0.3, 0.4) is 0 Å². The van der Waals surface area contributed by atoms with Crippen LogP contribution in [0.4, 0.5) is 21.2 Å². The van der Waals surface area contributed by atoms with Gasteiger partial charge in [0, 0.05) is 17.9 Å². The lowest BCUT2D eigenvalue weighted by molar-refractivity contribution is 0.0995. The third kappa shape index (κ3) is 5.56. The molecule has 2 aromatic heterocycles. The largest absolute Gasteiger partial charge is 0.459 e. The van der Waals surface area contributed by atoms with E-state index in [0.29, 0.717) is 27.8 Å². The Bertz CT molecular complexity index is 1010. The summed E-state index contributed by atoms with van der Waals surface area (Å²) in [5.41, 5.74) is 1.16.